The molecule has 1 fully saturated rings. The van der Waals surface area contributed by atoms with Crippen LogP contribution in [0.25, 0.3) is 6.08 Å². The van der Waals surface area contributed by atoms with E-state index in [1.807, 2.05) is 30.3 Å². The summed E-state index contributed by atoms with van der Waals surface area (Å²) in [6.45, 7) is 0.120. The van der Waals surface area contributed by atoms with Crippen LogP contribution in [0, 0.1) is 0 Å². The van der Waals surface area contributed by atoms with E-state index in [1.165, 1.54) is 12.0 Å². The van der Waals surface area contributed by atoms with Gasteiger partial charge in [-0.05, 0) is 65.4 Å². The number of benzene rings is 3. The number of carbonyl (C=O) groups is 3. The van der Waals surface area contributed by atoms with Crippen LogP contribution in [0.1, 0.15) is 21.5 Å². The first-order chi connectivity index (χ1) is 16.5. The molecular weight excluding hydrogens is 452 g/mol. The maximum Gasteiger partial charge on any atom is 0.293 e. The van der Waals surface area contributed by atoms with Crippen LogP contribution < -0.4 is 14.8 Å². The number of nitrogens with zero attached hydrogens (tertiary/aromatic N) is 1. The number of hydrogen-bond acceptors (Lipinski definition) is 6. The molecule has 172 valence electrons. The van der Waals surface area contributed by atoms with Crippen molar-refractivity contribution in [3.05, 3.63) is 94.4 Å². The number of thioether (sulfide) groups is 1. The van der Waals surface area contributed by atoms with Gasteiger partial charge in [0, 0.05) is 11.3 Å². The van der Waals surface area contributed by atoms with Crippen LogP contribution in [-0.4, -0.2) is 36.2 Å². The Kier molecular flexibility index (Phi) is 6.98. The summed E-state index contributed by atoms with van der Waals surface area (Å²) in [7, 11) is 3.08. The smallest absolute Gasteiger partial charge is 0.293 e. The molecule has 0 bridgehead atoms. The Morgan fingerprint density at radius 2 is 1.65 bits per heavy atom. The second kappa shape index (κ2) is 10.3. The standard InChI is InChI=1S/C26H22N2O5S/c1-32-21-13-10-18(14-22(21)33-2)15-23-25(30)28(26(31)34-23)16-17-8-11-19(12-9-17)24(29)27-20-6-4-3-5-7-20/h3-15H,16H2,1-2H3,(H,27,29)/b23-15+. The molecule has 1 aliphatic rings. The first-order valence-electron chi connectivity index (χ1n) is 10.4. The van der Waals surface area contributed by atoms with Crippen LogP contribution in [0.2, 0.25) is 0 Å². The summed E-state index contributed by atoms with van der Waals surface area (Å²) >= 11 is 0.891. The minimum atomic E-state index is -0.365. The van der Waals surface area contributed by atoms with Gasteiger partial charge in [-0.2, -0.15) is 0 Å². The number of hydrogen-bond donors (Lipinski definition) is 1. The summed E-state index contributed by atoms with van der Waals surface area (Å²) in [5, 5.41) is 2.48. The molecule has 7 nitrogen and oxygen atoms in total. The fourth-order valence-electron chi connectivity index (χ4n) is 3.40. The molecule has 0 aliphatic carbocycles. The Balaban J connectivity index is 1.44. The van der Waals surface area contributed by atoms with E-state index in [4.69, 9.17) is 9.47 Å². The Bertz CT molecular complexity index is 1260. The lowest BCUT2D eigenvalue weighted by Gasteiger charge is -2.13. The van der Waals surface area contributed by atoms with Gasteiger partial charge in [0.2, 0.25) is 0 Å². The summed E-state index contributed by atoms with van der Waals surface area (Å²) in [5.74, 6) is 0.512. The lowest BCUT2D eigenvalue weighted by atomic mass is 10.1. The van der Waals surface area contributed by atoms with Gasteiger partial charge >= 0.3 is 0 Å². The number of methoxy groups -OCH3 is 2. The quantitative estimate of drug-likeness (QED) is 0.474. The molecule has 1 N–H and O–H groups in total. The van der Waals surface area contributed by atoms with Gasteiger partial charge < -0.3 is 14.8 Å². The van der Waals surface area contributed by atoms with Crippen molar-refractivity contribution in [3.63, 3.8) is 0 Å². The molecule has 1 saturated heterocycles. The number of amides is 3. The van der Waals surface area contributed by atoms with Crippen molar-refractivity contribution >= 4 is 40.6 Å². The van der Waals surface area contributed by atoms with Gasteiger partial charge in [0.25, 0.3) is 17.1 Å². The number of nitrogens with one attached hydrogen (secondary N) is 1. The Morgan fingerprint density at radius 1 is 0.941 bits per heavy atom. The molecule has 0 atom stereocenters. The lowest BCUT2D eigenvalue weighted by Crippen LogP contribution is -2.27. The van der Waals surface area contributed by atoms with E-state index in [2.05, 4.69) is 5.32 Å². The van der Waals surface area contributed by atoms with Gasteiger partial charge in [-0.15, -0.1) is 0 Å². The fourth-order valence-corrected chi connectivity index (χ4v) is 4.24. The predicted molar refractivity (Wildman–Crippen MR) is 132 cm³/mol. The molecular formula is C26H22N2O5S. The summed E-state index contributed by atoms with van der Waals surface area (Å²) in [4.78, 5) is 39.3. The second-order valence-electron chi connectivity index (χ2n) is 7.40. The van der Waals surface area contributed by atoms with E-state index in [-0.39, 0.29) is 23.6 Å². The maximum absolute atomic E-state index is 12.9. The summed E-state index contributed by atoms with van der Waals surface area (Å²) in [6, 6.07) is 21.3. The van der Waals surface area contributed by atoms with E-state index in [0.717, 1.165) is 22.9 Å². The van der Waals surface area contributed by atoms with Gasteiger partial charge in [-0.25, -0.2) is 0 Å². The van der Waals surface area contributed by atoms with Crippen molar-refractivity contribution in [2.45, 2.75) is 6.54 Å². The second-order valence-corrected chi connectivity index (χ2v) is 8.39. The predicted octanol–water partition coefficient (Wildman–Crippen LogP) is 5.19. The largest absolute Gasteiger partial charge is 0.493 e. The minimum absolute atomic E-state index is 0.120. The zero-order chi connectivity index (χ0) is 24.1. The van der Waals surface area contributed by atoms with Crippen LogP contribution in [0.3, 0.4) is 0 Å². The Morgan fingerprint density at radius 3 is 2.32 bits per heavy atom. The van der Waals surface area contributed by atoms with E-state index >= 15 is 0 Å². The van der Waals surface area contributed by atoms with Gasteiger partial charge in [0.1, 0.15) is 0 Å². The van der Waals surface area contributed by atoms with Gasteiger partial charge in [0.05, 0.1) is 25.7 Å². The van der Waals surface area contributed by atoms with E-state index in [0.29, 0.717) is 27.7 Å². The first kappa shape index (κ1) is 23.1. The Labute approximate surface area is 201 Å². The lowest BCUT2D eigenvalue weighted by molar-refractivity contribution is -0.123. The molecule has 0 saturated carbocycles. The third-order valence-electron chi connectivity index (χ3n) is 5.17. The molecule has 4 rings (SSSR count). The van der Waals surface area contributed by atoms with Crippen molar-refractivity contribution in [2.75, 3.05) is 19.5 Å². The topological polar surface area (TPSA) is 84.9 Å². The monoisotopic (exact) mass is 474 g/mol. The zero-order valence-electron chi connectivity index (χ0n) is 18.6. The molecule has 3 amide bonds. The molecule has 1 heterocycles. The van der Waals surface area contributed by atoms with Gasteiger partial charge in [-0.3, -0.25) is 19.3 Å². The van der Waals surface area contributed by atoms with Crippen LogP contribution in [-0.2, 0) is 11.3 Å². The molecule has 34 heavy (non-hydrogen) atoms. The number of ether oxygens (including phenoxy) is 2. The summed E-state index contributed by atoms with van der Waals surface area (Å²) in [6.07, 6.45) is 1.66. The van der Waals surface area contributed by atoms with E-state index < -0.39 is 0 Å². The minimum Gasteiger partial charge on any atom is -0.493 e. The number of imide groups is 1. The first-order valence-corrected chi connectivity index (χ1v) is 11.2. The van der Waals surface area contributed by atoms with Gasteiger partial charge in [-0.1, -0.05) is 36.4 Å². The molecule has 3 aromatic rings. The average molecular weight is 475 g/mol. The number of anilines is 1. The van der Waals surface area contributed by atoms with Crippen molar-refractivity contribution in [3.8, 4) is 11.5 Å². The van der Waals surface area contributed by atoms with Crippen molar-refractivity contribution in [1.82, 2.24) is 4.90 Å². The summed E-state index contributed by atoms with van der Waals surface area (Å²) < 4.78 is 10.5. The van der Waals surface area contributed by atoms with Crippen LogP contribution >= 0.6 is 11.8 Å². The SMILES string of the molecule is COc1ccc(/C=C2/SC(=O)N(Cc3ccc(C(=O)Nc4ccccc4)cc3)C2=O)cc1OC. The zero-order valence-corrected chi connectivity index (χ0v) is 19.4. The number of para-hydroxylation sites is 1. The van der Waals surface area contributed by atoms with Crippen molar-refractivity contribution in [1.29, 1.82) is 0 Å². The third-order valence-corrected chi connectivity index (χ3v) is 6.07. The van der Waals surface area contributed by atoms with Gasteiger partial charge in [0.15, 0.2) is 11.5 Å². The van der Waals surface area contributed by atoms with Crippen LogP contribution in [0.4, 0.5) is 10.5 Å². The van der Waals surface area contributed by atoms with Crippen LogP contribution in [0.15, 0.2) is 77.7 Å². The molecule has 1 aliphatic heterocycles. The highest BCUT2D eigenvalue weighted by Gasteiger charge is 2.35. The molecule has 0 unspecified atom stereocenters. The fraction of sp³-hybridized carbons (Fsp3) is 0.115. The Hall–Kier alpha value is -4.04. The molecule has 0 radical (unpaired) electrons. The van der Waals surface area contributed by atoms with Crippen LogP contribution in [0.5, 0.6) is 11.5 Å². The van der Waals surface area contributed by atoms with E-state index in [9.17, 15) is 14.4 Å². The third kappa shape index (κ3) is 5.13. The molecule has 3 aromatic carbocycles. The highest BCUT2D eigenvalue weighted by Crippen LogP contribution is 2.35. The van der Waals surface area contributed by atoms with E-state index in [1.54, 1.807) is 55.7 Å². The molecule has 0 spiro atoms. The highest BCUT2D eigenvalue weighted by molar-refractivity contribution is 8.18. The van der Waals surface area contributed by atoms with Crippen molar-refractivity contribution in [2.24, 2.45) is 0 Å². The number of rotatable bonds is 7. The average Bonchev–Trinajstić information content (AvgIpc) is 3.12. The maximum atomic E-state index is 12.9. The highest BCUT2D eigenvalue weighted by atomic mass is 32.2. The normalized spacial score (nSPS) is 14.4. The number of carbonyl (C=O) groups excluding carboxylic acids is 3. The van der Waals surface area contributed by atoms with Crippen molar-refractivity contribution < 1.29 is 23.9 Å². The molecule has 0 aromatic heterocycles. The molecule has 8 heteroatoms. The summed E-state index contributed by atoms with van der Waals surface area (Å²) in [5.41, 5.74) is 2.65.